The Morgan fingerprint density at radius 3 is 2.47 bits per heavy atom. The molecule has 180 valence electrons. The van der Waals surface area contributed by atoms with Crippen molar-refractivity contribution in [3.63, 3.8) is 0 Å². The first kappa shape index (κ1) is 24.5. The Labute approximate surface area is 199 Å². The first-order valence-corrected chi connectivity index (χ1v) is 13.2. The number of rotatable bonds is 5. The van der Waals surface area contributed by atoms with Crippen molar-refractivity contribution in [3.05, 3.63) is 58.6 Å². The van der Waals surface area contributed by atoms with Crippen LogP contribution in [-0.2, 0) is 9.36 Å². The summed E-state index contributed by atoms with van der Waals surface area (Å²) in [6.07, 6.45) is -2.19. The van der Waals surface area contributed by atoms with Gasteiger partial charge in [-0.15, -0.1) is 0 Å². The number of aromatic nitrogens is 2. The Morgan fingerprint density at radius 1 is 1.15 bits per heavy atom. The van der Waals surface area contributed by atoms with E-state index in [0.29, 0.717) is 41.6 Å². The predicted octanol–water partition coefficient (Wildman–Crippen LogP) is 5.38. The second kappa shape index (κ2) is 9.55. The third-order valence-corrected chi connectivity index (χ3v) is 9.38. The molecule has 1 N–H and O–H groups in total. The second-order valence-corrected chi connectivity index (χ2v) is 11.8. The predicted molar refractivity (Wildman–Crippen MR) is 127 cm³/mol. The average Bonchev–Trinajstić information content (AvgIpc) is 2.78. The van der Waals surface area contributed by atoms with Crippen LogP contribution in [0.15, 0.2) is 36.4 Å². The molecule has 0 radical (unpaired) electrons. The van der Waals surface area contributed by atoms with Gasteiger partial charge in [0.1, 0.15) is 18.8 Å². The molecule has 0 aliphatic carbocycles. The monoisotopic (exact) mass is 510 g/mol. The molecule has 1 aromatic heterocycles. The van der Waals surface area contributed by atoms with Gasteiger partial charge >= 0.3 is 0 Å². The number of amides is 1. The molecule has 1 aliphatic rings. The Kier molecular flexibility index (Phi) is 6.87. The molecule has 0 spiro atoms. The first-order chi connectivity index (χ1) is 16.1. The van der Waals surface area contributed by atoms with Gasteiger partial charge < -0.3 is 14.8 Å². The van der Waals surface area contributed by atoms with Gasteiger partial charge in [0.15, 0.2) is 0 Å². The molecule has 11 heteroatoms. The van der Waals surface area contributed by atoms with Crippen molar-refractivity contribution in [2.75, 3.05) is 30.7 Å². The highest BCUT2D eigenvalue weighted by molar-refractivity contribution is 7.71. The van der Waals surface area contributed by atoms with Crippen LogP contribution >= 0.6 is 18.7 Å². The zero-order valence-electron chi connectivity index (χ0n) is 18.6. The van der Waals surface area contributed by atoms with Gasteiger partial charge in [0.25, 0.3) is 6.43 Å². The molecular weight excluding hydrogens is 488 g/mol. The maximum atomic E-state index is 14.7. The largest absolute Gasteiger partial charge is 0.363 e. The van der Waals surface area contributed by atoms with Crippen LogP contribution in [0.5, 0.6) is 0 Å². The number of hydrogen-bond acceptors (Lipinski definition) is 5. The van der Waals surface area contributed by atoms with E-state index < -0.39 is 31.0 Å². The molecule has 34 heavy (non-hydrogen) atoms. The smallest absolute Gasteiger partial charge is 0.266 e. The van der Waals surface area contributed by atoms with Crippen molar-refractivity contribution in [3.8, 4) is 0 Å². The van der Waals surface area contributed by atoms with Gasteiger partial charge in [0.2, 0.25) is 11.2 Å². The molecule has 6 nitrogen and oxygen atoms in total. The highest BCUT2D eigenvalue weighted by atomic mass is 35.5. The maximum absolute atomic E-state index is 14.7. The van der Waals surface area contributed by atoms with Gasteiger partial charge in [-0.1, -0.05) is 18.2 Å². The highest BCUT2D eigenvalue weighted by Crippen LogP contribution is 2.47. The zero-order chi connectivity index (χ0) is 24.6. The van der Waals surface area contributed by atoms with E-state index in [1.807, 2.05) is 0 Å². The summed E-state index contributed by atoms with van der Waals surface area (Å²) in [5.74, 6) is -0.749. The molecule has 0 unspecified atom stereocenters. The summed E-state index contributed by atoms with van der Waals surface area (Å²) in [5.41, 5.74) is -0.121. The molecule has 2 heterocycles. The molecule has 1 atom stereocenters. The van der Waals surface area contributed by atoms with Gasteiger partial charge in [-0.3, -0.25) is 4.79 Å². The molecule has 2 aromatic carbocycles. The standard InChI is InChI=1S/C23H23ClF3N4O2P/c1-13(16-4-3-5-17(20(16)25)21(26)27)28-22-18-12-15(6-7-19(18)29-23(24)30-22)34(33)10-8-31(9-11-34)14(2)32/h3-7,12-13,21H,8-11H2,1-2H3,(H,28,29,30)/t13-/m1/s1. The third-order valence-electron chi connectivity index (χ3n) is 6.14. The van der Waals surface area contributed by atoms with Crippen LogP contribution in [0.1, 0.15) is 37.4 Å². The number of benzene rings is 2. The van der Waals surface area contributed by atoms with Crippen molar-refractivity contribution in [2.24, 2.45) is 0 Å². The van der Waals surface area contributed by atoms with Crippen molar-refractivity contribution >= 4 is 46.7 Å². The summed E-state index contributed by atoms with van der Waals surface area (Å²) >= 11 is 6.09. The number of nitrogens with one attached hydrogen (secondary N) is 1. The van der Waals surface area contributed by atoms with Crippen LogP contribution in [0.25, 0.3) is 10.9 Å². The number of fused-ring (bicyclic) bond motifs is 1. The molecule has 3 aromatic rings. The Morgan fingerprint density at radius 2 is 1.82 bits per heavy atom. The second-order valence-electron chi connectivity index (χ2n) is 8.30. The quantitative estimate of drug-likeness (QED) is 0.368. The first-order valence-electron chi connectivity index (χ1n) is 10.7. The highest BCUT2D eigenvalue weighted by Gasteiger charge is 2.32. The number of anilines is 1. The number of carbonyl (C=O) groups excluding carboxylic acids is 1. The van der Waals surface area contributed by atoms with Crippen molar-refractivity contribution in [1.29, 1.82) is 0 Å². The number of carbonyl (C=O) groups is 1. The molecular formula is C23H23ClF3N4O2P. The lowest BCUT2D eigenvalue weighted by Gasteiger charge is -2.32. The molecule has 1 fully saturated rings. The maximum Gasteiger partial charge on any atom is 0.266 e. The molecule has 1 amide bonds. The van der Waals surface area contributed by atoms with Crippen LogP contribution < -0.4 is 10.6 Å². The minimum absolute atomic E-state index is 0.0434. The summed E-state index contributed by atoms with van der Waals surface area (Å²) < 4.78 is 54.6. The lowest BCUT2D eigenvalue weighted by atomic mass is 10.0. The summed E-state index contributed by atoms with van der Waals surface area (Å²) in [6, 6.07) is 8.31. The van der Waals surface area contributed by atoms with Gasteiger partial charge in [-0.05, 0) is 36.7 Å². The van der Waals surface area contributed by atoms with Crippen LogP contribution in [0.2, 0.25) is 5.28 Å². The minimum atomic E-state index is -2.93. The van der Waals surface area contributed by atoms with Crippen molar-refractivity contribution in [1.82, 2.24) is 14.9 Å². The van der Waals surface area contributed by atoms with E-state index in [9.17, 15) is 22.5 Å². The lowest BCUT2D eigenvalue weighted by Crippen LogP contribution is -2.39. The summed E-state index contributed by atoms with van der Waals surface area (Å²) in [4.78, 5) is 21.7. The summed E-state index contributed by atoms with van der Waals surface area (Å²) in [5, 5.41) is 4.17. The van der Waals surface area contributed by atoms with Crippen LogP contribution in [0.3, 0.4) is 0 Å². The van der Waals surface area contributed by atoms with Gasteiger partial charge in [-0.25, -0.2) is 23.1 Å². The average molecular weight is 511 g/mol. The SMILES string of the molecule is CC(=O)N1CCP(=O)(c2ccc3nc(Cl)nc(N[C@H](C)c4cccc(C(F)F)c4F)c3c2)CC1. The summed E-state index contributed by atoms with van der Waals surface area (Å²) in [7, 11) is -2.75. The van der Waals surface area contributed by atoms with Gasteiger partial charge in [0, 0.05) is 48.6 Å². The minimum Gasteiger partial charge on any atom is -0.363 e. The van der Waals surface area contributed by atoms with E-state index in [1.54, 1.807) is 30.0 Å². The Bertz CT molecular complexity index is 1290. The Balaban J connectivity index is 1.69. The number of alkyl halides is 2. The molecule has 1 aliphatic heterocycles. The molecule has 0 bridgehead atoms. The van der Waals surface area contributed by atoms with Gasteiger partial charge in [-0.2, -0.15) is 0 Å². The number of halogens is 4. The molecule has 0 saturated carbocycles. The zero-order valence-corrected chi connectivity index (χ0v) is 20.2. The fraction of sp³-hybridized carbons (Fsp3) is 0.348. The van der Waals surface area contributed by atoms with Crippen molar-refractivity contribution in [2.45, 2.75) is 26.3 Å². The fourth-order valence-corrected chi connectivity index (χ4v) is 6.92. The normalized spacial score (nSPS) is 16.6. The topological polar surface area (TPSA) is 75.2 Å². The fourth-order valence-electron chi connectivity index (χ4n) is 4.17. The molecule has 4 rings (SSSR count). The van der Waals surface area contributed by atoms with Crippen LogP contribution in [0.4, 0.5) is 19.0 Å². The van der Waals surface area contributed by atoms with E-state index in [0.717, 1.165) is 6.07 Å². The van der Waals surface area contributed by atoms with Crippen molar-refractivity contribution < 1.29 is 22.5 Å². The number of hydrogen-bond donors (Lipinski definition) is 1. The number of nitrogens with zero attached hydrogens (tertiary/aromatic N) is 3. The third kappa shape index (κ3) is 4.77. The van der Waals surface area contributed by atoms with E-state index in [4.69, 9.17) is 11.6 Å². The van der Waals surface area contributed by atoms with E-state index >= 15 is 0 Å². The summed E-state index contributed by atoms with van der Waals surface area (Å²) in [6.45, 7) is 3.96. The van der Waals surface area contributed by atoms with E-state index in [1.165, 1.54) is 19.1 Å². The Hall–Kier alpha value is -2.64. The van der Waals surface area contributed by atoms with E-state index in [2.05, 4.69) is 15.3 Å². The molecule has 1 saturated heterocycles. The van der Waals surface area contributed by atoms with Crippen LogP contribution in [-0.4, -0.2) is 46.2 Å². The van der Waals surface area contributed by atoms with Crippen LogP contribution in [0, 0.1) is 5.82 Å². The van der Waals surface area contributed by atoms with Gasteiger partial charge in [0.05, 0.1) is 17.1 Å². The van der Waals surface area contributed by atoms with E-state index in [-0.39, 0.29) is 22.6 Å². The lowest BCUT2D eigenvalue weighted by molar-refractivity contribution is -0.128.